The van der Waals surface area contributed by atoms with Crippen molar-refractivity contribution in [3.63, 3.8) is 0 Å². The summed E-state index contributed by atoms with van der Waals surface area (Å²) in [6.07, 6.45) is 9.62. The topological polar surface area (TPSA) is 180 Å². The SMILES string of the molecule is CC[C@H]1/C=C/C=C/C[C@@H](C)[C@H](O)[C@@](C)(O)C(=O)[C@@H](C)[C@H](O)[C@@H](C)C(=O)[C@@H](C)[C@H](O)[C@@H](C)/C=C/C(=O)O[C@H]2[C@H](C)[C@H](CC1)O[C@]1(CC[C@H](C)[C@H](C[C@@H](C)O)O1)[C@@H]2C. The molecule has 0 saturated carbocycles. The van der Waals surface area contributed by atoms with E-state index in [9.17, 15) is 39.9 Å². The molecule has 0 amide bonds. The Labute approximate surface area is 336 Å². The van der Waals surface area contributed by atoms with E-state index in [1.54, 1.807) is 20.8 Å². The molecular weight excluding hydrogens is 716 g/mol. The molecule has 3 aliphatic heterocycles. The van der Waals surface area contributed by atoms with Gasteiger partial charge in [0.2, 0.25) is 0 Å². The van der Waals surface area contributed by atoms with E-state index in [4.69, 9.17) is 14.2 Å². The predicted octanol–water partition coefficient (Wildman–Crippen LogP) is 5.88. The average Bonchev–Trinajstić information content (AvgIpc) is 3.16. The van der Waals surface area contributed by atoms with Gasteiger partial charge in [-0.25, -0.2) is 4.79 Å². The number of carbonyl (C=O) groups is 3. The second-order valence-corrected chi connectivity index (χ2v) is 18.0. The third-order valence-electron chi connectivity index (χ3n) is 13.4. The van der Waals surface area contributed by atoms with Crippen molar-refractivity contribution in [1.29, 1.82) is 0 Å². The minimum absolute atomic E-state index is 0.168. The molecule has 2 bridgehead atoms. The molecule has 0 aromatic carbocycles. The first-order valence-corrected chi connectivity index (χ1v) is 21.2. The highest BCUT2D eigenvalue weighted by molar-refractivity contribution is 5.91. The number of ketones is 2. The van der Waals surface area contributed by atoms with Gasteiger partial charge in [0.25, 0.3) is 0 Å². The second kappa shape index (κ2) is 20.6. The van der Waals surface area contributed by atoms with Gasteiger partial charge in [-0.1, -0.05) is 92.7 Å². The zero-order chi connectivity index (χ0) is 42.3. The van der Waals surface area contributed by atoms with Crippen LogP contribution >= 0.6 is 0 Å². The molecule has 0 unspecified atom stereocenters. The van der Waals surface area contributed by atoms with Crippen LogP contribution in [0.5, 0.6) is 0 Å². The van der Waals surface area contributed by atoms with Crippen molar-refractivity contribution in [3.05, 3.63) is 36.5 Å². The Hall–Kier alpha value is -2.25. The van der Waals surface area contributed by atoms with E-state index >= 15 is 0 Å². The highest BCUT2D eigenvalue weighted by Crippen LogP contribution is 2.49. The number of hydrogen-bond donors (Lipinski definition) is 5. The predicted molar refractivity (Wildman–Crippen MR) is 215 cm³/mol. The molecule has 0 aliphatic carbocycles. The van der Waals surface area contributed by atoms with E-state index < -0.39 is 89.0 Å². The minimum Gasteiger partial charge on any atom is -0.458 e. The first kappa shape index (κ1) is 48.1. The zero-order valence-corrected chi connectivity index (χ0v) is 35.8. The number of ether oxygens (including phenoxy) is 3. The maximum atomic E-state index is 13.5. The standard InChI is InChI=1S/C45H74O11/c1-12-34-17-15-13-14-16-27(4)42(51)44(11,53)43(52)32(9)40(50)31(8)39(49)30(7)38(48)26(3)18-21-37(47)54-41-29(6)35(20-19-34)55-45(33(41)10)23-22-25(2)36(56-45)24-28(5)46/h13-15,17-18,21,25-36,38,40-42,46,48,50-51,53H,12,16,19-20,22-24H2,1-11H3/b14-13+,17-15+,21-18+/t25-,26-,27+,28+,29+,30-,31-,32-,33+,34-,35-,36-,38+,40+,41-,42-,44+,45-/m0/s1. The minimum atomic E-state index is -2.18. The summed E-state index contributed by atoms with van der Waals surface area (Å²) in [5, 5.41) is 55.0. The summed E-state index contributed by atoms with van der Waals surface area (Å²) in [6, 6.07) is 0. The van der Waals surface area contributed by atoms with Crippen LogP contribution in [-0.2, 0) is 28.6 Å². The Balaban J connectivity index is 1.99. The van der Waals surface area contributed by atoms with Crippen LogP contribution < -0.4 is 0 Å². The van der Waals surface area contributed by atoms with Crippen LogP contribution in [0.15, 0.2) is 36.5 Å². The van der Waals surface area contributed by atoms with Crippen molar-refractivity contribution in [2.45, 2.75) is 175 Å². The molecule has 2 saturated heterocycles. The van der Waals surface area contributed by atoms with Crippen molar-refractivity contribution in [3.8, 4) is 0 Å². The summed E-state index contributed by atoms with van der Waals surface area (Å²) in [5.74, 6) is -7.28. The summed E-state index contributed by atoms with van der Waals surface area (Å²) in [6.45, 7) is 19.1. The number of aliphatic hydroxyl groups excluding tert-OH is 4. The van der Waals surface area contributed by atoms with Gasteiger partial charge >= 0.3 is 5.97 Å². The third kappa shape index (κ3) is 11.5. The highest BCUT2D eigenvalue weighted by Gasteiger charge is 2.56. The van der Waals surface area contributed by atoms with Crippen molar-refractivity contribution in [2.24, 2.45) is 53.3 Å². The normalized spacial score (nSPS) is 46.8. The van der Waals surface area contributed by atoms with Crippen LogP contribution in [0.3, 0.4) is 0 Å². The Bertz CT molecular complexity index is 1390. The molecule has 56 heavy (non-hydrogen) atoms. The number of Topliss-reactive ketones (excluding diaryl/α,β-unsaturated/α-hetero) is 2. The first-order valence-electron chi connectivity index (χ1n) is 21.2. The number of fused-ring (bicyclic) bond motifs is 2. The van der Waals surface area contributed by atoms with E-state index in [0.717, 1.165) is 19.3 Å². The van der Waals surface area contributed by atoms with Crippen molar-refractivity contribution in [1.82, 2.24) is 0 Å². The van der Waals surface area contributed by atoms with E-state index in [1.807, 2.05) is 32.1 Å². The number of rotatable bonds is 3. The maximum absolute atomic E-state index is 13.5. The van der Waals surface area contributed by atoms with Gasteiger partial charge < -0.3 is 39.7 Å². The van der Waals surface area contributed by atoms with Gasteiger partial charge in [-0.2, -0.15) is 0 Å². The average molecular weight is 791 g/mol. The summed E-state index contributed by atoms with van der Waals surface area (Å²) in [4.78, 5) is 40.5. The lowest BCUT2D eigenvalue weighted by atomic mass is 9.74. The van der Waals surface area contributed by atoms with E-state index in [-0.39, 0.29) is 35.9 Å². The van der Waals surface area contributed by atoms with Gasteiger partial charge in [-0.3, -0.25) is 9.59 Å². The van der Waals surface area contributed by atoms with Gasteiger partial charge in [0.1, 0.15) is 17.5 Å². The summed E-state index contributed by atoms with van der Waals surface area (Å²) >= 11 is 0. The molecule has 3 aliphatic rings. The monoisotopic (exact) mass is 791 g/mol. The quantitative estimate of drug-likeness (QED) is 0.216. The maximum Gasteiger partial charge on any atom is 0.330 e. The van der Waals surface area contributed by atoms with Crippen LogP contribution in [0.4, 0.5) is 0 Å². The highest BCUT2D eigenvalue weighted by atomic mass is 16.7. The zero-order valence-electron chi connectivity index (χ0n) is 35.8. The first-order chi connectivity index (χ1) is 26.1. The second-order valence-electron chi connectivity index (χ2n) is 18.0. The van der Waals surface area contributed by atoms with E-state index in [2.05, 4.69) is 19.9 Å². The molecule has 5 N–H and O–H groups in total. The van der Waals surface area contributed by atoms with Crippen molar-refractivity contribution >= 4 is 17.5 Å². The van der Waals surface area contributed by atoms with Crippen LogP contribution in [0.25, 0.3) is 0 Å². The molecule has 11 heteroatoms. The Morgan fingerprint density at radius 1 is 0.839 bits per heavy atom. The van der Waals surface area contributed by atoms with Crippen LogP contribution in [0, 0.1) is 53.3 Å². The lowest BCUT2D eigenvalue weighted by molar-refractivity contribution is -0.371. The van der Waals surface area contributed by atoms with Gasteiger partial charge in [0, 0.05) is 48.0 Å². The number of hydrogen-bond acceptors (Lipinski definition) is 11. The lowest BCUT2D eigenvalue weighted by Crippen LogP contribution is -2.62. The molecule has 11 nitrogen and oxygen atoms in total. The Kier molecular flexibility index (Phi) is 17.7. The third-order valence-corrected chi connectivity index (χ3v) is 13.4. The van der Waals surface area contributed by atoms with Gasteiger partial charge in [-0.05, 0) is 70.1 Å². The molecule has 0 aromatic rings. The van der Waals surface area contributed by atoms with Gasteiger partial charge in [0.05, 0.1) is 36.6 Å². The van der Waals surface area contributed by atoms with Crippen molar-refractivity contribution in [2.75, 3.05) is 0 Å². The number of aliphatic hydroxyl groups is 5. The molecule has 3 heterocycles. The number of carbonyl (C=O) groups excluding carboxylic acids is 3. The van der Waals surface area contributed by atoms with E-state index in [1.165, 1.54) is 39.8 Å². The fourth-order valence-corrected chi connectivity index (χ4v) is 9.01. The summed E-state index contributed by atoms with van der Waals surface area (Å²) in [5.41, 5.74) is -2.18. The fraction of sp³-hybridized carbons (Fsp3) is 0.800. The summed E-state index contributed by atoms with van der Waals surface area (Å²) < 4.78 is 20.0. The molecule has 18 atom stereocenters. The molecule has 0 radical (unpaired) electrons. The van der Waals surface area contributed by atoms with Gasteiger partial charge in [-0.15, -0.1) is 0 Å². The number of allylic oxidation sites excluding steroid dienone is 4. The molecular formula is C45H74O11. The fourth-order valence-electron chi connectivity index (χ4n) is 9.01. The summed E-state index contributed by atoms with van der Waals surface area (Å²) in [7, 11) is 0. The molecule has 320 valence electrons. The smallest absolute Gasteiger partial charge is 0.330 e. The molecule has 2 fully saturated rings. The molecule has 3 rings (SSSR count). The van der Waals surface area contributed by atoms with Crippen LogP contribution in [0.2, 0.25) is 0 Å². The number of esters is 1. The molecule has 1 spiro atoms. The Morgan fingerprint density at radius 3 is 2.11 bits per heavy atom. The molecule has 0 aromatic heterocycles. The van der Waals surface area contributed by atoms with E-state index in [0.29, 0.717) is 25.7 Å². The van der Waals surface area contributed by atoms with Crippen molar-refractivity contribution < 1.29 is 54.1 Å². The van der Waals surface area contributed by atoms with Crippen LogP contribution in [-0.4, -0.2) is 97.2 Å². The largest absolute Gasteiger partial charge is 0.458 e. The van der Waals surface area contributed by atoms with Gasteiger partial charge in [0.15, 0.2) is 11.6 Å². The Morgan fingerprint density at radius 2 is 1.48 bits per heavy atom. The lowest BCUT2D eigenvalue weighted by Gasteiger charge is -2.55. The van der Waals surface area contributed by atoms with Crippen LogP contribution in [0.1, 0.15) is 121 Å².